The maximum Gasteiger partial charge on any atom is 0.136 e. The van der Waals surface area contributed by atoms with Crippen LogP contribution < -0.4 is 0 Å². The highest BCUT2D eigenvalue weighted by Gasteiger charge is 2.30. The number of aldehydes is 1. The summed E-state index contributed by atoms with van der Waals surface area (Å²) in [5, 5.41) is 0. The Morgan fingerprint density at radius 1 is 1.58 bits per heavy atom. The van der Waals surface area contributed by atoms with Crippen LogP contribution in [0.25, 0.3) is 0 Å². The van der Waals surface area contributed by atoms with E-state index in [0.717, 1.165) is 19.1 Å². The van der Waals surface area contributed by atoms with Gasteiger partial charge in [-0.25, -0.2) is 0 Å². The average molecular weight is 166 g/mol. The molecule has 0 aliphatic heterocycles. The van der Waals surface area contributed by atoms with E-state index in [1.807, 2.05) is 0 Å². The summed E-state index contributed by atoms with van der Waals surface area (Å²) in [5.74, 6) is 0.108. The maximum absolute atomic E-state index is 11.3. The molecule has 0 unspecified atom stereocenters. The summed E-state index contributed by atoms with van der Waals surface area (Å²) in [6.45, 7) is 3.59. The summed E-state index contributed by atoms with van der Waals surface area (Å²) >= 11 is 0. The molecule has 2 heteroatoms. The number of rotatable bonds is 3. The molecule has 0 N–H and O–H groups in total. The first-order valence-electron chi connectivity index (χ1n) is 4.38. The van der Waals surface area contributed by atoms with E-state index in [9.17, 15) is 9.59 Å². The van der Waals surface area contributed by atoms with Crippen LogP contribution in [0.1, 0.15) is 25.7 Å². The molecule has 12 heavy (non-hydrogen) atoms. The summed E-state index contributed by atoms with van der Waals surface area (Å²) < 4.78 is 0. The number of carbonyl (C=O) groups excluding carboxylic acids is 2. The standard InChI is InChI=1S/C10H14O2/c1-2-4-9-8(7-11)5-3-6-10(9)12/h2,7-9H,1,3-6H2/t8-,9-/m0/s1. The number of hydrogen-bond acceptors (Lipinski definition) is 2. The van der Waals surface area contributed by atoms with Gasteiger partial charge in [-0.2, -0.15) is 0 Å². The van der Waals surface area contributed by atoms with Crippen LogP contribution in [-0.4, -0.2) is 12.1 Å². The quantitative estimate of drug-likeness (QED) is 0.473. The van der Waals surface area contributed by atoms with E-state index in [0.29, 0.717) is 12.8 Å². The van der Waals surface area contributed by atoms with Crippen LogP contribution >= 0.6 is 0 Å². The van der Waals surface area contributed by atoms with Crippen molar-refractivity contribution >= 4 is 12.1 Å². The molecule has 1 saturated carbocycles. The minimum atomic E-state index is -0.0752. The van der Waals surface area contributed by atoms with Crippen LogP contribution in [0.3, 0.4) is 0 Å². The molecule has 0 aromatic rings. The number of hydrogen-bond donors (Lipinski definition) is 0. The lowest BCUT2D eigenvalue weighted by atomic mass is 9.77. The van der Waals surface area contributed by atoms with Gasteiger partial charge in [0.05, 0.1) is 0 Å². The van der Waals surface area contributed by atoms with Gasteiger partial charge >= 0.3 is 0 Å². The SMILES string of the molecule is C=CC[C@@H]1C(=O)CCC[C@H]1C=O. The van der Waals surface area contributed by atoms with Gasteiger partial charge in [0.15, 0.2) is 0 Å². The molecule has 66 valence electrons. The van der Waals surface area contributed by atoms with E-state index in [-0.39, 0.29) is 17.6 Å². The second-order valence-corrected chi connectivity index (χ2v) is 3.29. The van der Waals surface area contributed by atoms with Crippen LogP contribution in [0, 0.1) is 11.8 Å². The molecule has 0 aromatic heterocycles. The lowest BCUT2D eigenvalue weighted by molar-refractivity contribution is -0.130. The smallest absolute Gasteiger partial charge is 0.136 e. The Kier molecular flexibility index (Phi) is 3.20. The second kappa shape index (κ2) is 4.19. The summed E-state index contributed by atoms with van der Waals surface area (Å²) in [6.07, 6.45) is 5.68. The van der Waals surface area contributed by atoms with E-state index in [1.165, 1.54) is 0 Å². The second-order valence-electron chi connectivity index (χ2n) is 3.29. The first kappa shape index (κ1) is 9.17. The van der Waals surface area contributed by atoms with Gasteiger partial charge in [0.25, 0.3) is 0 Å². The summed E-state index contributed by atoms with van der Waals surface area (Å²) in [4.78, 5) is 22.0. The fourth-order valence-corrected chi connectivity index (χ4v) is 1.79. The minimum Gasteiger partial charge on any atom is -0.303 e. The highest BCUT2D eigenvalue weighted by molar-refractivity contribution is 5.85. The van der Waals surface area contributed by atoms with Crippen molar-refractivity contribution in [3.8, 4) is 0 Å². The van der Waals surface area contributed by atoms with Crippen LogP contribution in [-0.2, 0) is 9.59 Å². The molecule has 2 atom stereocenters. The highest BCUT2D eigenvalue weighted by atomic mass is 16.1. The van der Waals surface area contributed by atoms with Crippen LogP contribution in [0.4, 0.5) is 0 Å². The molecule has 0 aromatic carbocycles. The van der Waals surface area contributed by atoms with Gasteiger partial charge < -0.3 is 4.79 Å². The fraction of sp³-hybridized carbons (Fsp3) is 0.600. The molecular formula is C10H14O2. The van der Waals surface area contributed by atoms with E-state index >= 15 is 0 Å². The first-order valence-corrected chi connectivity index (χ1v) is 4.38. The Labute approximate surface area is 72.7 Å². The lowest BCUT2D eigenvalue weighted by Gasteiger charge is -2.25. The topological polar surface area (TPSA) is 34.1 Å². The van der Waals surface area contributed by atoms with Crippen molar-refractivity contribution in [2.24, 2.45) is 11.8 Å². The number of Topliss-reactive ketones (excluding diaryl/α,β-unsaturated/α-hetero) is 1. The van der Waals surface area contributed by atoms with E-state index < -0.39 is 0 Å². The molecule has 1 aliphatic carbocycles. The molecule has 0 radical (unpaired) electrons. The molecule has 0 heterocycles. The Morgan fingerprint density at radius 3 is 2.92 bits per heavy atom. The van der Waals surface area contributed by atoms with E-state index in [1.54, 1.807) is 6.08 Å². The monoisotopic (exact) mass is 166 g/mol. The largest absolute Gasteiger partial charge is 0.303 e. The molecule has 0 bridgehead atoms. The maximum atomic E-state index is 11.3. The normalized spacial score (nSPS) is 29.8. The van der Waals surface area contributed by atoms with Gasteiger partial charge in [0.2, 0.25) is 0 Å². The number of carbonyl (C=O) groups is 2. The zero-order valence-electron chi connectivity index (χ0n) is 7.16. The van der Waals surface area contributed by atoms with Gasteiger partial charge in [-0.05, 0) is 19.3 Å². The van der Waals surface area contributed by atoms with Gasteiger partial charge in [0, 0.05) is 18.3 Å². The number of allylic oxidation sites excluding steroid dienone is 1. The minimum absolute atomic E-state index is 0.0516. The molecule has 1 rings (SSSR count). The van der Waals surface area contributed by atoms with Gasteiger partial charge in [-0.3, -0.25) is 4.79 Å². The fourth-order valence-electron chi connectivity index (χ4n) is 1.79. The van der Waals surface area contributed by atoms with E-state index in [2.05, 4.69) is 6.58 Å². The molecule has 1 aliphatic rings. The van der Waals surface area contributed by atoms with Crippen molar-refractivity contribution in [2.45, 2.75) is 25.7 Å². The Morgan fingerprint density at radius 2 is 2.33 bits per heavy atom. The Bertz CT molecular complexity index is 196. The van der Waals surface area contributed by atoms with Gasteiger partial charge in [-0.1, -0.05) is 6.08 Å². The lowest BCUT2D eigenvalue weighted by Crippen LogP contribution is -2.28. The highest BCUT2D eigenvalue weighted by Crippen LogP contribution is 2.28. The summed E-state index contributed by atoms with van der Waals surface area (Å²) in [5.41, 5.74) is 0. The number of ketones is 1. The summed E-state index contributed by atoms with van der Waals surface area (Å²) in [7, 11) is 0. The van der Waals surface area contributed by atoms with Crippen molar-refractivity contribution in [3.05, 3.63) is 12.7 Å². The third-order valence-corrected chi connectivity index (χ3v) is 2.49. The molecule has 0 saturated heterocycles. The molecular weight excluding hydrogens is 152 g/mol. The molecule has 0 amide bonds. The van der Waals surface area contributed by atoms with Crippen molar-refractivity contribution in [2.75, 3.05) is 0 Å². The zero-order valence-corrected chi connectivity index (χ0v) is 7.16. The van der Waals surface area contributed by atoms with Crippen molar-refractivity contribution < 1.29 is 9.59 Å². The predicted octanol–water partition coefficient (Wildman–Crippen LogP) is 1.75. The third-order valence-electron chi connectivity index (χ3n) is 2.49. The van der Waals surface area contributed by atoms with Crippen molar-refractivity contribution in [1.29, 1.82) is 0 Å². The van der Waals surface area contributed by atoms with Gasteiger partial charge in [0.1, 0.15) is 12.1 Å². The van der Waals surface area contributed by atoms with Gasteiger partial charge in [-0.15, -0.1) is 6.58 Å². The summed E-state index contributed by atoms with van der Waals surface area (Å²) in [6, 6.07) is 0. The van der Waals surface area contributed by atoms with Crippen molar-refractivity contribution in [1.82, 2.24) is 0 Å². The molecule has 0 spiro atoms. The van der Waals surface area contributed by atoms with E-state index in [4.69, 9.17) is 0 Å². The average Bonchev–Trinajstić information content (AvgIpc) is 2.09. The van der Waals surface area contributed by atoms with Crippen LogP contribution in [0.2, 0.25) is 0 Å². The van der Waals surface area contributed by atoms with Crippen LogP contribution in [0.5, 0.6) is 0 Å². The molecule has 2 nitrogen and oxygen atoms in total. The van der Waals surface area contributed by atoms with Crippen molar-refractivity contribution in [3.63, 3.8) is 0 Å². The Hall–Kier alpha value is -0.920. The zero-order chi connectivity index (χ0) is 8.97. The third kappa shape index (κ3) is 1.81. The van der Waals surface area contributed by atoms with Crippen LogP contribution in [0.15, 0.2) is 12.7 Å². The predicted molar refractivity (Wildman–Crippen MR) is 46.7 cm³/mol. The first-order chi connectivity index (χ1) is 5.79. The molecule has 1 fully saturated rings. The Balaban J connectivity index is 2.64.